The average Bonchev–Trinajstić information content (AvgIpc) is 2.12. The molecule has 0 aliphatic rings. The molecule has 0 rings (SSSR count). The molecule has 0 saturated heterocycles. The molecule has 0 aromatic carbocycles. The Labute approximate surface area is 96.4 Å². The molecule has 15 heavy (non-hydrogen) atoms. The second kappa shape index (κ2) is 6.49. The van der Waals surface area contributed by atoms with Crippen LogP contribution in [0.4, 0.5) is 0 Å². The van der Waals surface area contributed by atoms with Crippen molar-refractivity contribution in [2.24, 2.45) is 11.3 Å². The highest BCUT2D eigenvalue weighted by molar-refractivity contribution is 4.82. The maximum atomic E-state index is 3.35. The van der Waals surface area contributed by atoms with E-state index in [0.717, 1.165) is 12.5 Å². The quantitative estimate of drug-likeness (QED) is 0.701. The fraction of sp³-hybridized carbons (Fsp3) is 1.00. The van der Waals surface area contributed by atoms with Gasteiger partial charge in [0.25, 0.3) is 0 Å². The molecular formula is C13H30N2. The molecule has 92 valence electrons. The summed E-state index contributed by atoms with van der Waals surface area (Å²) in [7, 11) is 4.27. The molecule has 0 spiro atoms. The van der Waals surface area contributed by atoms with E-state index >= 15 is 0 Å². The maximum absolute atomic E-state index is 3.35. The zero-order chi connectivity index (χ0) is 12.1. The molecule has 0 bridgehead atoms. The molecular weight excluding hydrogens is 184 g/mol. The van der Waals surface area contributed by atoms with Crippen molar-refractivity contribution in [3.63, 3.8) is 0 Å². The molecule has 1 unspecified atom stereocenters. The minimum Gasteiger partial charge on any atom is -0.317 e. The van der Waals surface area contributed by atoms with Crippen molar-refractivity contribution in [2.75, 3.05) is 27.2 Å². The summed E-state index contributed by atoms with van der Waals surface area (Å²) in [5.74, 6) is 0.803. The third kappa shape index (κ3) is 6.16. The van der Waals surface area contributed by atoms with E-state index in [-0.39, 0.29) is 0 Å². The van der Waals surface area contributed by atoms with Gasteiger partial charge >= 0.3 is 0 Å². The average molecular weight is 214 g/mol. The molecule has 0 aliphatic carbocycles. The Bertz CT molecular complexity index is 164. The van der Waals surface area contributed by atoms with Crippen LogP contribution in [0.25, 0.3) is 0 Å². The normalized spacial score (nSPS) is 15.0. The lowest BCUT2D eigenvalue weighted by molar-refractivity contribution is 0.164. The first-order chi connectivity index (χ1) is 6.79. The summed E-state index contributed by atoms with van der Waals surface area (Å²) < 4.78 is 0. The summed E-state index contributed by atoms with van der Waals surface area (Å²) in [6.45, 7) is 13.9. The standard InChI is InChI=1S/C13H30N2/c1-11(2)8-9-15(7)10-13(4,5)12(3)14-6/h11-12,14H,8-10H2,1-7H3. The number of hydrogen-bond acceptors (Lipinski definition) is 2. The van der Waals surface area contributed by atoms with Crippen LogP contribution < -0.4 is 5.32 Å². The Kier molecular flexibility index (Phi) is 6.46. The third-order valence-corrected chi connectivity index (χ3v) is 3.37. The largest absolute Gasteiger partial charge is 0.317 e. The van der Waals surface area contributed by atoms with Gasteiger partial charge in [-0.1, -0.05) is 27.7 Å². The summed E-state index contributed by atoms with van der Waals surface area (Å²) in [6, 6.07) is 0.555. The van der Waals surface area contributed by atoms with Crippen LogP contribution in [-0.2, 0) is 0 Å². The van der Waals surface area contributed by atoms with Crippen LogP contribution in [-0.4, -0.2) is 38.1 Å². The lowest BCUT2D eigenvalue weighted by Crippen LogP contribution is -2.44. The lowest BCUT2D eigenvalue weighted by Gasteiger charge is -2.35. The smallest absolute Gasteiger partial charge is 0.00991 e. The van der Waals surface area contributed by atoms with Crippen molar-refractivity contribution in [3.8, 4) is 0 Å². The lowest BCUT2D eigenvalue weighted by atomic mass is 9.85. The number of nitrogens with zero attached hydrogens (tertiary/aromatic N) is 1. The van der Waals surface area contributed by atoms with Gasteiger partial charge < -0.3 is 10.2 Å². The molecule has 0 fully saturated rings. The second-order valence-corrected chi connectivity index (χ2v) is 5.92. The van der Waals surface area contributed by atoms with E-state index < -0.39 is 0 Å². The van der Waals surface area contributed by atoms with Gasteiger partial charge in [0.05, 0.1) is 0 Å². The third-order valence-electron chi connectivity index (χ3n) is 3.37. The van der Waals surface area contributed by atoms with E-state index in [0.29, 0.717) is 11.5 Å². The van der Waals surface area contributed by atoms with Crippen molar-refractivity contribution >= 4 is 0 Å². The number of hydrogen-bond donors (Lipinski definition) is 1. The highest BCUT2D eigenvalue weighted by atomic mass is 15.1. The molecule has 0 saturated carbocycles. The van der Waals surface area contributed by atoms with Crippen molar-refractivity contribution in [1.82, 2.24) is 10.2 Å². The molecule has 0 aliphatic heterocycles. The van der Waals surface area contributed by atoms with E-state index in [9.17, 15) is 0 Å². The van der Waals surface area contributed by atoms with Crippen LogP contribution in [0.1, 0.15) is 41.0 Å². The van der Waals surface area contributed by atoms with E-state index in [1.807, 2.05) is 7.05 Å². The molecule has 0 aromatic rings. The van der Waals surface area contributed by atoms with Crippen LogP contribution in [0.2, 0.25) is 0 Å². The zero-order valence-electron chi connectivity index (χ0n) is 11.7. The van der Waals surface area contributed by atoms with Crippen LogP contribution in [0, 0.1) is 11.3 Å². The zero-order valence-corrected chi connectivity index (χ0v) is 11.7. The molecule has 0 radical (unpaired) electrons. The molecule has 2 nitrogen and oxygen atoms in total. The van der Waals surface area contributed by atoms with Crippen LogP contribution >= 0.6 is 0 Å². The summed E-state index contributed by atoms with van der Waals surface area (Å²) in [4.78, 5) is 2.45. The van der Waals surface area contributed by atoms with Gasteiger partial charge in [0.2, 0.25) is 0 Å². The molecule has 1 atom stereocenters. The highest BCUT2D eigenvalue weighted by Gasteiger charge is 2.25. The van der Waals surface area contributed by atoms with Crippen molar-refractivity contribution < 1.29 is 0 Å². The Morgan fingerprint density at radius 2 is 1.73 bits per heavy atom. The molecule has 2 heteroatoms. The Hall–Kier alpha value is -0.0800. The Morgan fingerprint density at radius 1 is 1.20 bits per heavy atom. The fourth-order valence-corrected chi connectivity index (χ4v) is 1.78. The van der Waals surface area contributed by atoms with Gasteiger partial charge in [-0.15, -0.1) is 0 Å². The maximum Gasteiger partial charge on any atom is 0.00991 e. The van der Waals surface area contributed by atoms with Gasteiger partial charge in [0, 0.05) is 12.6 Å². The Morgan fingerprint density at radius 3 is 2.13 bits per heavy atom. The first-order valence-corrected chi connectivity index (χ1v) is 6.15. The molecule has 0 amide bonds. The van der Waals surface area contributed by atoms with Gasteiger partial charge in [-0.05, 0) is 45.3 Å². The van der Waals surface area contributed by atoms with Crippen LogP contribution in [0.5, 0.6) is 0 Å². The van der Waals surface area contributed by atoms with Gasteiger partial charge in [0.1, 0.15) is 0 Å². The minimum atomic E-state index is 0.334. The molecule has 0 aromatic heterocycles. The summed E-state index contributed by atoms with van der Waals surface area (Å²) in [6.07, 6.45) is 1.29. The summed E-state index contributed by atoms with van der Waals surface area (Å²) in [5.41, 5.74) is 0.334. The molecule has 0 heterocycles. The van der Waals surface area contributed by atoms with Gasteiger partial charge in [-0.2, -0.15) is 0 Å². The van der Waals surface area contributed by atoms with E-state index in [1.54, 1.807) is 0 Å². The topological polar surface area (TPSA) is 15.3 Å². The number of nitrogens with one attached hydrogen (secondary N) is 1. The summed E-state index contributed by atoms with van der Waals surface area (Å²) >= 11 is 0. The Balaban J connectivity index is 3.98. The first-order valence-electron chi connectivity index (χ1n) is 6.15. The van der Waals surface area contributed by atoms with Crippen molar-refractivity contribution in [3.05, 3.63) is 0 Å². The van der Waals surface area contributed by atoms with Crippen molar-refractivity contribution in [1.29, 1.82) is 0 Å². The van der Waals surface area contributed by atoms with Gasteiger partial charge in [0.15, 0.2) is 0 Å². The van der Waals surface area contributed by atoms with Gasteiger partial charge in [-0.3, -0.25) is 0 Å². The predicted molar refractivity (Wildman–Crippen MR) is 69.3 cm³/mol. The second-order valence-electron chi connectivity index (χ2n) is 5.92. The van der Waals surface area contributed by atoms with E-state index in [2.05, 4.69) is 51.9 Å². The SMILES string of the molecule is CNC(C)C(C)(C)CN(C)CCC(C)C. The molecule has 1 N–H and O–H groups in total. The van der Waals surface area contributed by atoms with E-state index in [4.69, 9.17) is 0 Å². The predicted octanol–water partition coefficient (Wildman–Crippen LogP) is 2.60. The minimum absolute atomic E-state index is 0.334. The van der Waals surface area contributed by atoms with Gasteiger partial charge in [-0.25, -0.2) is 0 Å². The van der Waals surface area contributed by atoms with E-state index in [1.165, 1.54) is 13.0 Å². The first kappa shape index (κ1) is 14.9. The highest BCUT2D eigenvalue weighted by Crippen LogP contribution is 2.21. The van der Waals surface area contributed by atoms with Crippen LogP contribution in [0.3, 0.4) is 0 Å². The monoisotopic (exact) mass is 214 g/mol. The van der Waals surface area contributed by atoms with Crippen LogP contribution in [0.15, 0.2) is 0 Å². The number of rotatable bonds is 7. The van der Waals surface area contributed by atoms with Crippen molar-refractivity contribution in [2.45, 2.75) is 47.1 Å². The fourth-order valence-electron chi connectivity index (χ4n) is 1.78. The summed E-state index contributed by atoms with van der Waals surface area (Å²) in [5, 5.41) is 3.35.